The van der Waals surface area contributed by atoms with Crippen LogP contribution >= 0.6 is 0 Å². The van der Waals surface area contributed by atoms with Crippen LogP contribution in [0.2, 0.25) is 0 Å². The highest BCUT2D eigenvalue weighted by atomic mass is 16.7. The number of carbonyl (C=O) groups excluding carboxylic acids is 1. The zero-order chi connectivity index (χ0) is 10.8. The molecule has 0 aliphatic heterocycles. The van der Waals surface area contributed by atoms with Gasteiger partial charge in [0.05, 0.1) is 7.11 Å². The molecule has 3 heteroatoms. The van der Waals surface area contributed by atoms with Crippen molar-refractivity contribution in [3.05, 3.63) is 12.2 Å². The van der Waals surface area contributed by atoms with E-state index < -0.39 is 0 Å². The van der Waals surface area contributed by atoms with E-state index in [0.29, 0.717) is 6.42 Å². The molecule has 1 amide bonds. The maximum absolute atomic E-state index is 11.2. The van der Waals surface area contributed by atoms with Crippen molar-refractivity contribution >= 4 is 5.91 Å². The molecular formula is C11H21NO2. The number of rotatable bonds is 7. The van der Waals surface area contributed by atoms with Crippen molar-refractivity contribution in [1.82, 2.24) is 5.06 Å². The van der Waals surface area contributed by atoms with Gasteiger partial charge >= 0.3 is 0 Å². The zero-order valence-electron chi connectivity index (χ0n) is 9.45. The first kappa shape index (κ1) is 13.2. The molecule has 0 aromatic heterocycles. The van der Waals surface area contributed by atoms with E-state index in [1.807, 2.05) is 6.08 Å². The van der Waals surface area contributed by atoms with Crippen LogP contribution in [0.3, 0.4) is 0 Å². The van der Waals surface area contributed by atoms with Gasteiger partial charge in [-0.05, 0) is 12.8 Å². The molecule has 0 aliphatic carbocycles. The molecule has 0 heterocycles. The fraction of sp³-hybridized carbons (Fsp3) is 0.727. The first-order chi connectivity index (χ1) is 6.72. The minimum Gasteiger partial charge on any atom is -0.275 e. The minimum absolute atomic E-state index is 0.0146. The van der Waals surface area contributed by atoms with Gasteiger partial charge in [0.15, 0.2) is 0 Å². The van der Waals surface area contributed by atoms with Gasteiger partial charge in [-0.15, -0.1) is 0 Å². The molecule has 14 heavy (non-hydrogen) atoms. The van der Waals surface area contributed by atoms with Crippen molar-refractivity contribution in [2.45, 2.75) is 39.0 Å². The Bertz CT molecular complexity index is 178. The van der Waals surface area contributed by atoms with Crippen LogP contribution in [-0.4, -0.2) is 25.1 Å². The summed E-state index contributed by atoms with van der Waals surface area (Å²) >= 11 is 0. The summed E-state index contributed by atoms with van der Waals surface area (Å²) in [6, 6.07) is 0. The molecule has 0 spiro atoms. The van der Waals surface area contributed by atoms with E-state index in [2.05, 4.69) is 13.0 Å². The molecule has 0 aromatic rings. The van der Waals surface area contributed by atoms with E-state index in [9.17, 15) is 4.79 Å². The van der Waals surface area contributed by atoms with Crippen LogP contribution in [0.15, 0.2) is 12.2 Å². The summed E-state index contributed by atoms with van der Waals surface area (Å²) in [7, 11) is 3.11. The molecule has 0 aliphatic rings. The van der Waals surface area contributed by atoms with Crippen molar-refractivity contribution in [1.29, 1.82) is 0 Å². The fourth-order valence-corrected chi connectivity index (χ4v) is 1.04. The number of allylic oxidation sites excluding steroid dienone is 1. The molecule has 0 rings (SSSR count). The zero-order valence-corrected chi connectivity index (χ0v) is 9.45. The van der Waals surface area contributed by atoms with Gasteiger partial charge < -0.3 is 0 Å². The minimum atomic E-state index is -0.0146. The summed E-state index contributed by atoms with van der Waals surface area (Å²) in [5.74, 6) is -0.0146. The highest BCUT2D eigenvalue weighted by Crippen LogP contribution is 2.00. The number of amides is 1. The molecule has 0 fully saturated rings. The van der Waals surface area contributed by atoms with Gasteiger partial charge in [-0.2, -0.15) is 0 Å². The predicted octanol–water partition coefficient (Wildman–Crippen LogP) is 2.53. The maximum Gasteiger partial charge on any atom is 0.249 e. The van der Waals surface area contributed by atoms with Crippen molar-refractivity contribution < 1.29 is 9.63 Å². The maximum atomic E-state index is 11.2. The molecule has 82 valence electrons. The molecule has 0 atom stereocenters. The number of nitrogens with zero attached hydrogens (tertiary/aromatic N) is 1. The fourth-order valence-electron chi connectivity index (χ4n) is 1.04. The molecule has 0 N–H and O–H groups in total. The molecule has 3 nitrogen and oxygen atoms in total. The monoisotopic (exact) mass is 199 g/mol. The van der Waals surface area contributed by atoms with Crippen molar-refractivity contribution in [2.75, 3.05) is 14.2 Å². The third-order valence-corrected chi connectivity index (χ3v) is 2.06. The standard InChI is InChI=1S/C11H21NO2/c1-4-5-6-7-8-9-10-11(13)12(2)14-3/h8-9H,4-7,10H2,1-3H3/b9-8+. The first-order valence-corrected chi connectivity index (χ1v) is 5.18. The van der Waals surface area contributed by atoms with Gasteiger partial charge in [-0.25, -0.2) is 5.06 Å². The summed E-state index contributed by atoms with van der Waals surface area (Å²) in [5, 5.41) is 1.25. The highest BCUT2D eigenvalue weighted by Gasteiger charge is 2.03. The van der Waals surface area contributed by atoms with E-state index in [-0.39, 0.29) is 5.91 Å². The van der Waals surface area contributed by atoms with E-state index in [0.717, 1.165) is 6.42 Å². The van der Waals surface area contributed by atoms with Crippen molar-refractivity contribution in [2.24, 2.45) is 0 Å². The smallest absolute Gasteiger partial charge is 0.249 e. The predicted molar refractivity (Wildman–Crippen MR) is 57.7 cm³/mol. The largest absolute Gasteiger partial charge is 0.275 e. The van der Waals surface area contributed by atoms with Crippen LogP contribution < -0.4 is 0 Å². The number of carbonyl (C=O) groups is 1. The third kappa shape index (κ3) is 6.66. The average Bonchev–Trinajstić information content (AvgIpc) is 2.21. The third-order valence-electron chi connectivity index (χ3n) is 2.06. The second-order valence-electron chi connectivity index (χ2n) is 3.25. The second-order valence-corrected chi connectivity index (χ2v) is 3.25. The van der Waals surface area contributed by atoms with Crippen molar-refractivity contribution in [3.63, 3.8) is 0 Å². The quantitative estimate of drug-likeness (QED) is 0.358. The summed E-state index contributed by atoms with van der Waals surface area (Å²) in [6.45, 7) is 2.18. The normalized spacial score (nSPS) is 10.8. The lowest BCUT2D eigenvalue weighted by atomic mass is 10.2. The molecule has 0 radical (unpaired) electrons. The van der Waals surface area contributed by atoms with Crippen LogP contribution in [0.5, 0.6) is 0 Å². The average molecular weight is 199 g/mol. The Labute approximate surface area is 86.7 Å². The lowest BCUT2D eigenvalue weighted by molar-refractivity contribution is -0.167. The van der Waals surface area contributed by atoms with Crippen LogP contribution in [0.4, 0.5) is 0 Å². The first-order valence-electron chi connectivity index (χ1n) is 5.18. The van der Waals surface area contributed by atoms with Gasteiger partial charge in [0.2, 0.25) is 5.91 Å². The molecule has 0 saturated heterocycles. The SMILES string of the molecule is CCCCC/C=C/CC(=O)N(C)OC. The number of hydrogen-bond acceptors (Lipinski definition) is 2. The van der Waals surface area contributed by atoms with Crippen LogP contribution in [0.1, 0.15) is 39.0 Å². The van der Waals surface area contributed by atoms with Gasteiger partial charge in [0.1, 0.15) is 0 Å². The number of hydroxylamine groups is 2. The van der Waals surface area contributed by atoms with Crippen molar-refractivity contribution in [3.8, 4) is 0 Å². The number of hydrogen-bond donors (Lipinski definition) is 0. The highest BCUT2D eigenvalue weighted by molar-refractivity contribution is 5.76. The van der Waals surface area contributed by atoms with E-state index >= 15 is 0 Å². The molecule has 0 bridgehead atoms. The van der Waals surface area contributed by atoms with Gasteiger partial charge in [0, 0.05) is 13.5 Å². The number of unbranched alkanes of at least 4 members (excludes halogenated alkanes) is 3. The Morgan fingerprint density at radius 1 is 1.36 bits per heavy atom. The lowest BCUT2D eigenvalue weighted by Crippen LogP contribution is -2.24. The Hall–Kier alpha value is -0.830. The van der Waals surface area contributed by atoms with Gasteiger partial charge in [-0.1, -0.05) is 31.9 Å². The van der Waals surface area contributed by atoms with Crippen LogP contribution in [-0.2, 0) is 9.63 Å². The Morgan fingerprint density at radius 3 is 2.64 bits per heavy atom. The topological polar surface area (TPSA) is 29.5 Å². The molecule has 0 saturated carbocycles. The molecule has 0 unspecified atom stereocenters. The van der Waals surface area contributed by atoms with E-state index in [4.69, 9.17) is 4.84 Å². The second kappa shape index (κ2) is 8.75. The Morgan fingerprint density at radius 2 is 2.07 bits per heavy atom. The van der Waals surface area contributed by atoms with Gasteiger partial charge in [0.25, 0.3) is 0 Å². The van der Waals surface area contributed by atoms with Gasteiger partial charge in [-0.3, -0.25) is 9.63 Å². The molecular weight excluding hydrogens is 178 g/mol. The summed E-state index contributed by atoms with van der Waals surface area (Å²) < 4.78 is 0. The summed E-state index contributed by atoms with van der Waals surface area (Å²) in [5.41, 5.74) is 0. The van der Waals surface area contributed by atoms with Crippen LogP contribution in [0, 0.1) is 0 Å². The summed E-state index contributed by atoms with van der Waals surface area (Å²) in [4.78, 5) is 16.0. The lowest BCUT2D eigenvalue weighted by Gasteiger charge is -2.11. The van der Waals surface area contributed by atoms with E-state index in [1.165, 1.54) is 31.4 Å². The molecule has 0 aromatic carbocycles. The Balaban J connectivity index is 3.46. The van der Waals surface area contributed by atoms with Crippen LogP contribution in [0.25, 0.3) is 0 Å². The van der Waals surface area contributed by atoms with E-state index in [1.54, 1.807) is 7.05 Å². The Kier molecular flexibility index (Phi) is 8.24. The summed E-state index contributed by atoms with van der Waals surface area (Å²) in [6.07, 6.45) is 9.18.